The number of ether oxygens (including phenoxy) is 1. The Kier molecular flexibility index (Phi) is 5.58. The van der Waals surface area contributed by atoms with Gasteiger partial charge in [0.15, 0.2) is 0 Å². The molecule has 1 fully saturated rings. The second-order valence-electron chi connectivity index (χ2n) is 4.44. The molecule has 2 rings (SSSR count). The highest BCUT2D eigenvalue weighted by Crippen LogP contribution is 2.25. The second kappa shape index (κ2) is 7.46. The van der Waals surface area contributed by atoms with Crippen molar-refractivity contribution in [2.45, 2.75) is 37.9 Å². The predicted octanol–water partition coefficient (Wildman–Crippen LogP) is 2.96. The fourth-order valence-electron chi connectivity index (χ4n) is 1.89. The molecule has 100 valence electrons. The van der Waals surface area contributed by atoms with Crippen molar-refractivity contribution >= 4 is 17.7 Å². The quantitative estimate of drug-likeness (QED) is 0.858. The van der Waals surface area contributed by atoms with Crippen LogP contribution in [0.3, 0.4) is 0 Å². The van der Waals surface area contributed by atoms with Crippen LogP contribution in [0.15, 0.2) is 12.3 Å². The number of anilines is 1. The first-order valence-corrected chi connectivity index (χ1v) is 7.74. The van der Waals surface area contributed by atoms with E-state index < -0.39 is 0 Å². The number of nitrogens with zero attached hydrogens (tertiary/aromatic N) is 2. The zero-order valence-corrected chi connectivity index (χ0v) is 11.7. The van der Waals surface area contributed by atoms with Gasteiger partial charge in [0.1, 0.15) is 0 Å². The Balaban J connectivity index is 1.80. The van der Waals surface area contributed by atoms with Crippen molar-refractivity contribution in [2.75, 3.05) is 24.2 Å². The molecule has 0 bridgehead atoms. The summed E-state index contributed by atoms with van der Waals surface area (Å²) in [7, 11) is 0. The van der Waals surface area contributed by atoms with Crippen molar-refractivity contribution in [1.82, 2.24) is 9.97 Å². The molecular formula is C13H21N3OS. The van der Waals surface area contributed by atoms with E-state index in [0.717, 1.165) is 13.0 Å². The van der Waals surface area contributed by atoms with Crippen LogP contribution >= 0.6 is 11.8 Å². The molecule has 2 heterocycles. The molecule has 5 heteroatoms. The van der Waals surface area contributed by atoms with Gasteiger partial charge >= 0.3 is 0 Å². The van der Waals surface area contributed by atoms with E-state index in [0.29, 0.717) is 23.7 Å². The van der Waals surface area contributed by atoms with Crippen molar-refractivity contribution in [3.05, 3.63) is 12.3 Å². The van der Waals surface area contributed by atoms with E-state index in [1.54, 1.807) is 12.3 Å². The van der Waals surface area contributed by atoms with E-state index in [1.807, 2.05) is 0 Å². The van der Waals surface area contributed by atoms with Crippen molar-refractivity contribution in [3.63, 3.8) is 0 Å². The van der Waals surface area contributed by atoms with Gasteiger partial charge in [0.25, 0.3) is 0 Å². The summed E-state index contributed by atoms with van der Waals surface area (Å²) in [5.41, 5.74) is 0. The lowest BCUT2D eigenvalue weighted by molar-refractivity contribution is 0.305. The molecule has 1 aromatic heterocycles. The molecule has 18 heavy (non-hydrogen) atoms. The van der Waals surface area contributed by atoms with Crippen molar-refractivity contribution in [2.24, 2.45) is 0 Å². The third kappa shape index (κ3) is 4.37. The van der Waals surface area contributed by atoms with Crippen molar-refractivity contribution < 1.29 is 4.74 Å². The van der Waals surface area contributed by atoms with Gasteiger partial charge in [-0.3, -0.25) is 0 Å². The molecule has 1 unspecified atom stereocenters. The average Bonchev–Trinajstić information content (AvgIpc) is 2.44. The molecule has 4 nitrogen and oxygen atoms in total. The molecule has 1 aromatic rings. The first kappa shape index (κ1) is 13.5. The summed E-state index contributed by atoms with van der Waals surface area (Å²) in [5, 5.41) is 4.00. The van der Waals surface area contributed by atoms with Crippen LogP contribution in [0.4, 0.5) is 5.95 Å². The average molecular weight is 267 g/mol. The number of thioether (sulfide) groups is 1. The topological polar surface area (TPSA) is 47.0 Å². The van der Waals surface area contributed by atoms with Crippen molar-refractivity contribution in [1.29, 1.82) is 0 Å². The minimum Gasteiger partial charge on any atom is -0.478 e. The highest BCUT2D eigenvalue weighted by atomic mass is 32.2. The standard InChI is InChI=1S/C13H21N3OS/c1-2-8-17-12-6-7-14-13(16-12)15-10-11-5-3-4-9-18-11/h6-7,11H,2-5,8-10H2,1H3,(H,14,15,16). The molecule has 1 atom stereocenters. The molecule has 1 aliphatic rings. The summed E-state index contributed by atoms with van der Waals surface area (Å²) in [6.07, 6.45) is 6.74. The van der Waals surface area contributed by atoms with Gasteiger partial charge < -0.3 is 10.1 Å². The maximum atomic E-state index is 5.49. The number of hydrogen-bond donors (Lipinski definition) is 1. The van der Waals surface area contributed by atoms with E-state index in [4.69, 9.17) is 4.74 Å². The number of rotatable bonds is 6. The largest absolute Gasteiger partial charge is 0.478 e. The fraction of sp³-hybridized carbons (Fsp3) is 0.692. The monoisotopic (exact) mass is 267 g/mol. The lowest BCUT2D eigenvalue weighted by Gasteiger charge is -2.21. The summed E-state index contributed by atoms with van der Waals surface area (Å²) >= 11 is 2.05. The molecule has 0 aromatic carbocycles. The summed E-state index contributed by atoms with van der Waals surface area (Å²) in [5.74, 6) is 2.62. The predicted molar refractivity (Wildman–Crippen MR) is 76.4 cm³/mol. The van der Waals surface area contributed by atoms with Gasteiger partial charge in [0.05, 0.1) is 6.61 Å². The van der Waals surface area contributed by atoms with Gasteiger partial charge in [-0.05, 0) is 25.0 Å². The second-order valence-corrected chi connectivity index (χ2v) is 5.84. The van der Waals surface area contributed by atoms with Crippen LogP contribution in [-0.4, -0.2) is 34.1 Å². The minimum absolute atomic E-state index is 0.658. The van der Waals surface area contributed by atoms with Gasteiger partial charge in [-0.25, -0.2) is 4.98 Å². The summed E-state index contributed by atoms with van der Waals surface area (Å²) in [6, 6.07) is 1.80. The Labute approximate surface area is 113 Å². The lowest BCUT2D eigenvalue weighted by atomic mass is 10.2. The van der Waals surface area contributed by atoms with Crippen LogP contribution in [0.25, 0.3) is 0 Å². The molecule has 0 aliphatic carbocycles. The van der Waals surface area contributed by atoms with Gasteiger partial charge in [-0.1, -0.05) is 13.3 Å². The number of nitrogens with one attached hydrogen (secondary N) is 1. The van der Waals surface area contributed by atoms with Crippen LogP contribution < -0.4 is 10.1 Å². The van der Waals surface area contributed by atoms with Gasteiger partial charge in [-0.2, -0.15) is 16.7 Å². The maximum absolute atomic E-state index is 5.49. The maximum Gasteiger partial charge on any atom is 0.225 e. The van der Waals surface area contributed by atoms with Gasteiger partial charge in [-0.15, -0.1) is 0 Å². The zero-order chi connectivity index (χ0) is 12.6. The Hall–Kier alpha value is -0.970. The molecule has 1 aliphatic heterocycles. The first-order chi connectivity index (χ1) is 8.88. The first-order valence-electron chi connectivity index (χ1n) is 6.70. The van der Waals surface area contributed by atoms with E-state index in [1.165, 1.54) is 25.0 Å². The van der Waals surface area contributed by atoms with Gasteiger partial charge in [0.2, 0.25) is 11.8 Å². The molecule has 0 saturated carbocycles. The zero-order valence-electron chi connectivity index (χ0n) is 10.9. The molecular weight excluding hydrogens is 246 g/mol. The van der Waals surface area contributed by atoms with Crippen LogP contribution in [0, 0.1) is 0 Å². The Morgan fingerprint density at radius 1 is 1.50 bits per heavy atom. The SMILES string of the molecule is CCCOc1ccnc(NCC2CCCCS2)n1. The fourth-order valence-corrected chi connectivity index (χ4v) is 3.13. The summed E-state index contributed by atoms with van der Waals surface area (Å²) in [6.45, 7) is 3.73. The molecule has 0 radical (unpaired) electrons. The Morgan fingerprint density at radius 3 is 3.22 bits per heavy atom. The highest BCUT2D eigenvalue weighted by molar-refractivity contribution is 7.99. The third-order valence-corrected chi connectivity index (χ3v) is 4.24. The number of aromatic nitrogens is 2. The van der Waals surface area contributed by atoms with E-state index in [-0.39, 0.29) is 0 Å². The highest BCUT2D eigenvalue weighted by Gasteiger charge is 2.13. The molecule has 0 spiro atoms. The van der Waals surface area contributed by atoms with E-state index in [2.05, 4.69) is 34.0 Å². The van der Waals surface area contributed by atoms with Crippen LogP contribution in [0.1, 0.15) is 32.6 Å². The van der Waals surface area contributed by atoms with Crippen LogP contribution in [-0.2, 0) is 0 Å². The Morgan fingerprint density at radius 2 is 2.44 bits per heavy atom. The normalized spacial score (nSPS) is 19.5. The van der Waals surface area contributed by atoms with Crippen LogP contribution in [0.5, 0.6) is 5.88 Å². The number of hydrogen-bond acceptors (Lipinski definition) is 5. The molecule has 0 amide bonds. The molecule has 1 N–H and O–H groups in total. The summed E-state index contributed by atoms with van der Waals surface area (Å²) < 4.78 is 5.49. The summed E-state index contributed by atoms with van der Waals surface area (Å²) in [4.78, 5) is 8.56. The van der Waals surface area contributed by atoms with Crippen molar-refractivity contribution in [3.8, 4) is 5.88 Å². The van der Waals surface area contributed by atoms with Crippen LogP contribution in [0.2, 0.25) is 0 Å². The smallest absolute Gasteiger partial charge is 0.225 e. The van der Waals surface area contributed by atoms with Gasteiger partial charge in [0, 0.05) is 24.1 Å². The lowest BCUT2D eigenvalue weighted by Crippen LogP contribution is -2.21. The van der Waals surface area contributed by atoms with E-state index >= 15 is 0 Å². The molecule has 1 saturated heterocycles. The Bertz CT molecular complexity index is 356. The van der Waals surface area contributed by atoms with E-state index in [9.17, 15) is 0 Å². The minimum atomic E-state index is 0.658. The third-order valence-electron chi connectivity index (χ3n) is 2.85.